The number of hydrogen-bond donors (Lipinski definition) is 3. The van der Waals surface area contributed by atoms with Crippen molar-refractivity contribution >= 4 is 102 Å². The molecule has 3 nitrogen and oxygen atoms in total. The monoisotopic (exact) mass is 312 g/mol. The molecular weight excluding hydrogens is 303 g/mol. The Morgan fingerprint density at radius 2 is 1.00 bits per heavy atom. The number of hydrogen-bond acceptors (Lipinski definition) is 3. The molecule has 0 aliphatic carbocycles. The van der Waals surface area contributed by atoms with E-state index < -0.39 is 7.32 Å². The van der Waals surface area contributed by atoms with Crippen LogP contribution in [-0.2, 0) is 0 Å². The molecule has 0 atom stereocenters. The summed E-state index contributed by atoms with van der Waals surface area (Å²) in [6.45, 7) is 0. The van der Waals surface area contributed by atoms with Crippen molar-refractivity contribution in [2.24, 2.45) is 0 Å². The van der Waals surface area contributed by atoms with Crippen LogP contribution in [0.4, 0.5) is 4.70 Å². The molecule has 7 heteroatoms. The normalized spacial score (nSPS) is 3.86. The van der Waals surface area contributed by atoms with Crippen LogP contribution >= 0.6 is 0 Å². The third-order valence-electron chi connectivity index (χ3n) is 0. The van der Waals surface area contributed by atoms with Crippen LogP contribution in [0.3, 0.4) is 0 Å². The van der Waals surface area contributed by atoms with Crippen LogP contribution in [0.5, 0.6) is 0 Å². The summed E-state index contributed by atoms with van der Waals surface area (Å²) >= 11 is 0. The summed E-state index contributed by atoms with van der Waals surface area (Å²) in [5.41, 5.74) is 0. The second kappa shape index (κ2) is 16.0. The van der Waals surface area contributed by atoms with Crippen molar-refractivity contribution < 1.29 is 19.8 Å². The van der Waals surface area contributed by atoms with E-state index >= 15 is 0 Å². The Labute approximate surface area is 118 Å². The van der Waals surface area contributed by atoms with Gasteiger partial charge in [-0.2, -0.15) is 0 Å². The first-order valence-electron chi connectivity index (χ1n) is 0.775. The standard InChI is InChI=1S/BH3O3.Ba.FH.Sr.4H/c2-1(3)4;;;;;;;/h2-4H;;1H;;;;;. The molecule has 0 saturated carbocycles. The van der Waals surface area contributed by atoms with Gasteiger partial charge in [0.25, 0.3) is 0 Å². The average molecular weight is 311 g/mol. The Kier molecular flexibility index (Phi) is 51.4. The summed E-state index contributed by atoms with van der Waals surface area (Å²) in [5.74, 6) is 0. The van der Waals surface area contributed by atoms with Crippen LogP contribution in [0.1, 0.15) is 0 Å². The Morgan fingerprint density at radius 3 is 1.00 bits per heavy atom. The number of halogens is 1. The molecule has 0 fully saturated rings. The topological polar surface area (TPSA) is 60.7 Å². The summed E-state index contributed by atoms with van der Waals surface area (Å²) < 4.78 is 0. The van der Waals surface area contributed by atoms with Crippen LogP contribution < -0.4 is 0 Å². The fraction of sp³-hybridized carbons (Fsp3) is 0. The van der Waals surface area contributed by atoms with Crippen LogP contribution in [0.15, 0.2) is 0 Å². The third-order valence-corrected chi connectivity index (χ3v) is 0. The molecular formula is H8BBaFO3Sr. The van der Waals surface area contributed by atoms with Crippen molar-refractivity contribution in [2.75, 3.05) is 0 Å². The van der Waals surface area contributed by atoms with Gasteiger partial charge in [-0.3, -0.25) is 4.70 Å². The second-order valence-corrected chi connectivity index (χ2v) is 0.346. The summed E-state index contributed by atoms with van der Waals surface area (Å²) in [4.78, 5) is 0. The van der Waals surface area contributed by atoms with Gasteiger partial charge in [-0.15, -0.1) is 0 Å². The summed E-state index contributed by atoms with van der Waals surface area (Å²) in [6.07, 6.45) is 0. The molecule has 0 unspecified atom stereocenters. The summed E-state index contributed by atoms with van der Waals surface area (Å²) in [5, 5.41) is 21.5. The quantitative estimate of drug-likeness (QED) is 0.403. The second-order valence-electron chi connectivity index (χ2n) is 0.346. The van der Waals surface area contributed by atoms with E-state index in [9.17, 15) is 0 Å². The average Bonchev–Trinajstić information content (AvgIpc) is 0.811. The van der Waals surface area contributed by atoms with Crippen molar-refractivity contribution in [3.63, 3.8) is 0 Å². The van der Waals surface area contributed by atoms with Crippen molar-refractivity contribution in [3.05, 3.63) is 0 Å². The zero-order chi connectivity index (χ0) is 3.58. The molecule has 0 aromatic carbocycles. The summed E-state index contributed by atoms with van der Waals surface area (Å²) in [7, 11) is -2.17. The molecule has 3 N–H and O–H groups in total. The van der Waals surface area contributed by atoms with Crippen molar-refractivity contribution in [1.82, 2.24) is 0 Å². The third kappa shape index (κ3) is 50.0. The van der Waals surface area contributed by atoms with E-state index in [0.717, 1.165) is 0 Å². The molecule has 0 aromatic rings. The van der Waals surface area contributed by atoms with E-state index in [2.05, 4.69) is 0 Å². The van der Waals surface area contributed by atoms with E-state index in [4.69, 9.17) is 15.1 Å². The minimum atomic E-state index is -2.17. The molecule has 0 amide bonds. The molecule has 0 radical (unpaired) electrons. The van der Waals surface area contributed by atoms with Gasteiger partial charge in [0.2, 0.25) is 0 Å². The Bertz CT molecular complexity index is 19.7. The van der Waals surface area contributed by atoms with Gasteiger partial charge in [0.05, 0.1) is 0 Å². The van der Waals surface area contributed by atoms with Crippen LogP contribution in [0.2, 0.25) is 0 Å². The first kappa shape index (κ1) is 22.5. The van der Waals surface area contributed by atoms with E-state index in [1.807, 2.05) is 0 Å². The molecule has 0 bridgehead atoms. The SMILES string of the molecule is F.OB(O)O.[BaH2].[SrH2]. The van der Waals surface area contributed by atoms with Crippen LogP contribution in [-0.4, -0.2) is 117 Å². The van der Waals surface area contributed by atoms with Gasteiger partial charge in [-0.1, -0.05) is 0 Å². The fourth-order valence-electron chi connectivity index (χ4n) is 0. The Morgan fingerprint density at radius 1 is 1.00 bits per heavy atom. The first-order valence-corrected chi connectivity index (χ1v) is 0.775. The molecule has 0 aliphatic rings. The zero-order valence-corrected chi connectivity index (χ0v) is 2.33. The molecule has 0 spiro atoms. The van der Waals surface area contributed by atoms with Crippen molar-refractivity contribution in [3.8, 4) is 0 Å². The Hall–Kier alpha value is 2.93. The van der Waals surface area contributed by atoms with E-state index in [0.29, 0.717) is 0 Å². The predicted octanol–water partition coefficient (Wildman–Crippen LogP) is -3.73. The van der Waals surface area contributed by atoms with Gasteiger partial charge in [0, 0.05) is 0 Å². The van der Waals surface area contributed by atoms with Crippen molar-refractivity contribution in [2.45, 2.75) is 0 Å². The van der Waals surface area contributed by atoms with Gasteiger partial charge < -0.3 is 15.1 Å². The van der Waals surface area contributed by atoms with Gasteiger partial charge >= 0.3 is 102 Å². The zero-order valence-electron chi connectivity index (χ0n) is 2.33. The maximum atomic E-state index is 7.17. The van der Waals surface area contributed by atoms with Crippen LogP contribution in [0, 0.1) is 0 Å². The predicted molar refractivity (Wildman–Crippen MR) is 32.0 cm³/mol. The van der Waals surface area contributed by atoms with Gasteiger partial charge in [0.1, 0.15) is 0 Å². The molecule has 40 valence electrons. The first-order chi connectivity index (χ1) is 1.73. The van der Waals surface area contributed by atoms with Gasteiger partial charge in [0.15, 0.2) is 0 Å². The van der Waals surface area contributed by atoms with Gasteiger partial charge in [-0.05, 0) is 0 Å². The number of rotatable bonds is 0. The van der Waals surface area contributed by atoms with Crippen LogP contribution in [0.25, 0.3) is 0 Å². The molecule has 0 aromatic heterocycles. The molecule has 7 heavy (non-hydrogen) atoms. The molecule has 0 aliphatic heterocycles. The Balaban J connectivity index is -0.0000000150. The van der Waals surface area contributed by atoms with E-state index in [1.54, 1.807) is 0 Å². The van der Waals surface area contributed by atoms with E-state index in [-0.39, 0.29) is 99.1 Å². The fourth-order valence-corrected chi connectivity index (χ4v) is 0. The molecule has 0 saturated heterocycles. The van der Waals surface area contributed by atoms with E-state index in [1.165, 1.54) is 0 Å². The van der Waals surface area contributed by atoms with Crippen molar-refractivity contribution in [1.29, 1.82) is 0 Å². The molecule has 0 heterocycles. The summed E-state index contributed by atoms with van der Waals surface area (Å²) in [6, 6.07) is 0. The minimum absolute atomic E-state index is 0. The maximum absolute atomic E-state index is 7.17. The molecule has 0 rings (SSSR count). The van der Waals surface area contributed by atoms with Gasteiger partial charge in [-0.25, -0.2) is 0 Å².